The molecule has 1 N–H and O–H groups in total. The molecule has 6 nitrogen and oxygen atoms in total. The standard InChI is InChI=1S/C15H17FN2.C13H16O2.C5H12O2S/c1-5-12-8-13(6-7-14(12)16)15-9(2)17-11(4)18-10(15)3;1-4-9-8(5-7(2)3)6-10-11(9)12(10)13(14)15;1-3-4-5-8(2,6)7/h6-8H,5H2,1-4H3;4-5,10-12H,2,6H2,1,3H3,(H,14,15);3-5H2,1-2H3/b;8-5-,9-4+;. The van der Waals surface area contributed by atoms with Crippen LogP contribution < -0.4 is 0 Å². The van der Waals surface area contributed by atoms with Crippen molar-refractivity contribution in [3.8, 4) is 11.1 Å². The number of aromatic nitrogens is 2. The number of halogens is 1. The minimum absolute atomic E-state index is 0.126. The number of fused-ring (bicyclic) bond motifs is 1. The number of aryl methyl sites for hydroxylation is 4. The molecule has 2 aromatic rings. The summed E-state index contributed by atoms with van der Waals surface area (Å²) in [5.41, 5.74) is 8.16. The Kier molecular flexibility index (Phi) is 12.2. The molecule has 3 atom stereocenters. The van der Waals surface area contributed by atoms with E-state index in [0.717, 1.165) is 58.7 Å². The van der Waals surface area contributed by atoms with E-state index in [1.54, 1.807) is 6.07 Å². The van der Waals surface area contributed by atoms with Gasteiger partial charge >= 0.3 is 5.97 Å². The van der Waals surface area contributed by atoms with E-state index in [-0.39, 0.29) is 17.7 Å². The van der Waals surface area contributed by atoms with Crippen LogP contribution in [-0.2, 0) is 21.1 Å². The number of hydrogen-bond acceptors (Lipinski definition) is 5. The van der Waals surface area contributed by atoms with Gasteiger partial charge in [-0.3, -0.25) is 4.79 Å². The molecule has 224 valence electrons. The van der Waals surface area contributed by atoms with Crippen LogP contribution in [0.4, 0.5) is 4.39 Å². The van der Waals surface area contributed by atoms with E-state index in [9.17, 15) is 17.6 Å². The molecule has 4 rings (SSSR count). The van der Waals surface area contributed by atoms with Crippen LogP contribution in [0.2, 0.25) is 0 Å². The average Bonchev–Trinajstić information content (AvgIpc) is 3.46. The number of unbranched alkanes of at least 4 members (excludes halogenated alkanes) is 1. The summed E-state index contributed by atoms with van der Waals surface area (Å²) >= 11 is 0. The topological polar surface area (TPSA) is 97.2 Å². The quantitative estimate of drug-likeness (QED) is 0.365. The van der Waals surface area contributed by atoms with E-state index >= 15 is 0 Å². The molecule has 1 heterocycles. The SMILES string of the molecule is C=C(C)/C=C1/CC2C(C(=O)O)C2/C1=C/C.CCCCS(C)(=O)=O.CCc1cc(-c2c(C)nc(C)nc2C)ccc1F. The van der Waals surface area contributed by atoms with Crippen molar-refractivity contribution in [2.24, 2.45) is 17.8 Å². The van der Waals surface area contributed by atoms with Crippen LogP contribution >= 0.6 is 0 Å². The molecule has 41 heavy (non-hydrogen) atoms. The van der Waals surface area contributed by atoms with Gasteiger partial charge in [0.1, 0.15) is 21.5 Å². The van der Waals surface area contributed by atoms with Crippen LogP contribution in [0.5, 0.6) is 0 Å². The first kappa shape index (κ1) is 34.1. The Labute approximate surface area is 245 Å². The normalized spacial score (nSPS) is 21.0. The lowest BCUT2D eigenvalue weighted by Gasteiger charge is -2.11. The zero-order chi connectivity index (χ0) is 31.1. The largest absolute Gasteiger partial charge is 0.481 e. The predicted octanol–water partition coefficient (Wildman–Crippen LogP) is 7.39. The number of hydrogen-bond donors (Lipinski definition) is 1. The van der Waals surface area contributed by atoms with Gasteiger partial charge in [-0.25, -0.2) is 22.8 Å². The summed E-state index contributed by atoms with van der Waals surface area (Å²) in [4.78, 5) is 19.7. The van der Waals surface area contributed by atoms with Crippen molar-refractivity contribution in [2.45, 2.75) is 74.1 Å². The molecule has 1 aromatic heterocycles. The third kappa shape index (κ3) is 9.45. The van der Waals surface area contributed by atoms with Gasteiger partial charge in [-0.15, -0.1) is 0 Å². The fourth-order valence-corrected chi connectivity index (χ4v) is 6.31. The van der Waals surface area contributed by atoms with E-state index in [1.165, 1.54) is 23.5 Å². The average molecular weight is 585 g/mol. The number of rotatable bonds is 7. The summed E-state index contributed by atoms with van der Waals surface area (Å²) in [7, 11) is -2.69. The first-order valence-electron chi connectivity index (χ1n) is 14.2. The molecule has 0 radical (unpaired) electrons. The summed E-state index contributed by atoms with van der Waals surface area (Å²) in [6.45, 7) is 17.6. The molecule has 0 amide bonds. The van der Waals surface area contributed by atoms with Crippen LogP contribution in [0.15, 0.2) is 53.6 Å². The second-order valence-corrected chi connectivity index (χ2v) is 13.2. The van der Waals surface area contributed by atoms with Crippen molar-refractivity contribution < 1.29 is 22.7 Å². The van der Waals surface area contributed by atoms with Crippen molar-refractivity contribution in [1.82, 2.24) is 9.97 Å². The molecule has 2 saturated carbocycles. The third-order valence-electron chi connectivity index (χ3n) is 7.34. The number of allylic oxidation sites excluding steroid dienone is 5. The molecule has 8 heteroatoms. The predicted molar refractivity (Wildman–Crippen MR) is 165 cm³/mol. The Hall–Kier alpha value is -3.13. The number of sulfone groups is 1. The Balaban J connectivity index is 0.000000232. The van der Waals surface area contributed by atoms with Gasteiger partial charge in [0.15, 0.2) is 0 Å². The van der Waals surface area contributed by atoms with E-state index in [2.05, 4.69) is 28.7 Å². The molecule has 0 saturated heterocycles. The third-order valence-corrected chi connectivity index (χ3v) is 8.37. The van der Waals surface area contributed by atoms with Crippen molar-refractivity contribution >= 4 is 15.8 Å². The number of nitrogens with zero attached hydrogens (tertiary/aromatic N) is 2. The van der Waals surface area contributed by atoms with Crippen molar-refractivity contribution in [1.29, 1.82) is 0 Å². The van der Waals surface area contributed by atoms with Gasteiger partial charge in [0.2, 0.25) is 0 Å². The van der Waals surface area contributed by atoms with Crippen LogP contribution in [0.1, 0.15) is 69.7 Å². The van der Waals surface area contributed by atoms with Crippen LogP contribution in [0.25, 0.3) is 11.1 Å². The lowest BCUT2D eigenvalue weighted by molar-refractivity contribution is -0.139. The maximum absolute atomic E-state index is 13.5. The van der Waals surface area contributed by atoms with Crippen LogP contribution in [0, 0.1) is 44.3 Å². The lowest BCUT2D eigenvalue weighted by atomic mass is 9.99. The number of aliphatic carboxylic acids is 1. The highest BCUT2D eigenvalue weighted by Gasteiger charge is 2.60. The number of carboxylic acid groups (broad SMARTS) is 1. The smallest absolute Gasteiger partial charge is 0.307 e. The molecule has 2 aliphatic carbocycles. The van der Waals surface area contributed by atoms with Crippen molar-refractivity contribution in [2.75, 3.05) is 12.0 Å². The first-order valence-corrected chi connectivity index (χ1v) is 16.2. The van der Waals surface area contributed by atoms with E-state index in [0.29, 0.717) is 18.1 Å². The van der Waals surface area contributed by atoms with E-state index in [1.807, 2.05) is 54.5 Å². The lowest BCUT2D eigenvalue weighted by Crippen LogP contribution is -2.05. The van der Waals surface area contributed by atoms with Gasteiger partial charge in [0, 0.05) is 34.9 Å². The summed E-state index contributed by atoms with van der Waals surface area (Å²) in [6, 6.07) is 5.21. The highest BCUT2D eigenvalue weighted by Crippen LogP contribution is 2.62. The maximum atomic E-state index is 13.5. The molecule has 2 fully saturated rings. The zero-order valence-electron chi connectivity index (χ0n) is 25.7. The monoisotopic (exact) mass is 584 g/mol. The Morgan fingerprint density at radius 2 is 1.78 bits per heavy atom. The summed E-state index contributed by atoms with van der Waals surface area (Å²) in [5.74, 6) is 0.814. The van der Waals surface area contributed by atoms with Gasteiger partial charge < -0.3 is 5.11 Å². The highest BCUT2D eigenvalue weighted by atomic mass is 32.2. The fourth-order valence-electron chi connectivity index (χ4n) is 5.50. The first-order chi connectivity index (χ1) is 19.1. The Morgan fingerprint density at radius 3 is 2.22 bits per heavy atom. The molecule has 1 aromatic carbocycles. The second kappa shape index (κ2) is 14.7. The summed E-state index contributed by atoms with van der Waals surface area (Å²) < 4.78 is 34.3. The van der Waals surface area contributed by atoms with Crippen LogP contribution in [-0.4, -0.2) is 41.5 Å². The highest BCUT2D eigenvalue weighted by molar-refractivity contribution is 7.90. The fraction of sp³-hybridized carbons (Fsp3) is 0.485. The summed E-state index contributed by atoms with van der Waals surface area (Å²) in [5, 5.41) is 8.98. The van der Waals surface area contributed by atoms with Gasteiger partial charge in [-0.1, -0.05) is 50.6 Å². The summed E-state index contributed by atoms with van der Waals surface area (Å²) in [6.07, 6.45) is 8.75. The molecular weight excluding hydrogens is 539 g/mol. The molecule has 0 bridgehead atoms. The number of carboxylic acids is 1. The molecular formula is C33H45FN2O4S. The molecule has 2 aliphatic rings. The van der Waals surface area contributed by atoms with Gasteiger partial charge in [0.25, 0.3) is 0 Å². The van der Waals surface area contributed by atoms with Gasteiger partial charge in [0.05, 0.1) is 5.92 Å². The van der Waals surface area contributed by atoms with E-state index in [4.69, 9.17) is 5.11 Å². The molecule has 0 aliphatic heterocycles. The van der Waals surface area contributed by atoms with Crippen LogP contribution in [0.3, 0.4) is 0 Å². The maximum Gasteiger partial charge on any atom is 0.307 e. The minimum atomic E-state index is -2.69. The van der Waals surface area contributed by atoms with E-state index < -0.39 is 15.8 Å². The zero-order valence-corrected chi connectivity index (χ0v) is 26.5. The Bertz CT molecular complexity index is 1420. The molecule has 3 unspecified atom stereocenters. The number of carbonyl (C=O) groups is 1. The number of benzene rings is 1. The van der Waals surface area contributed by atoms with Gasteiger partial charge in [-0.05, 0) is 94.2 Å². The molecule has 0 spiro atoms. The van der Waals surface area contributed by atoms with Gasteiger partial charge in [-0.2, -0.15) is 0 Å². The van der Waals surface area contributed by atoms with Crippen molar-refractivity contribution in [3.05, 3.63) is 82.2 Å². The Morgan fingerprint density at radius 1 is 1.17 bits per heavy atom. The minimum Gasteiger partial charge on any atom is -0.481 e. The van der Waals surface area contributed by atoms with Crippen molar-refractivity contribution in [3.63, 3.8) is 0 Å². The second-order valence-electron chi connectivity index (χ2n) is 11.0.